The number of methoxy groups -OCH3 is 1. The van der Waals surface area contributed by atoms with E-state index < -0.39 is 5.69 Å². The fraction of sp³-hybridized carbons (Fsp3) is 0.294. The van der Waals surface area contributed by atoms with Crippen LogP contribution in [0.2, 0.25) is 0 Å². The van der Waals surface area contributed by atoms with Crippen LogP contribution in [0.3, 0.4) is 0 Å². The summed E-state index contributed by atoms with van der Waals surface area (Å²) in [6.07, 6.45) is 1.51. The summed E-state index contributed by atoms with van der Waals surface area (Å²) in [6, 6.07) is 9.30. The molecule has 0 bridgehead atoms. The van der Waals surface area contributed by atoms with Crippen LogP contribution in [0.15, 0.2) is 41.3 Å². The van der Waals surface area contributed by atoms with Gasteiger partial charge in [0.15, 0.2) is 0 Å². The molecule has 8 nitrogen and oxygen atoms in total. The number of hydrogen-bond donors (Lipinski definition) is 1. The first-order valence-electron chi connectivity index (χ1n) is 7.84. The molecule has 1 N–H and O–H groups in total. The largest absolute Gasteiger partial charge is 0.481 e. The highest BCUT2D eigenvalue weighted by Crippen LogP contribution is 2.13. The number of carbonyl (C=O) groups is 1. The minimum absolute atomic E-state index is 0.168. The molecule has 8 heteroatoms. The van der Waals surface area contributed by atoms with E-state index in [1.165, 1.54) is 17.7 Å². The molecule has 0 aliphatic heterocycles. The van der Waals surface area contributed by atoms with Gasteiger partial charge in [-0.15, -0.1) is 5.10 Å². The van der Waals surface area contributed by atoms with Gasteiger partial charge in [0.25, 0.3) is 5.78 Å². The van der Waals surface area contributed by atoms with Gasteiger partial charge in [-0.3, -0.25) is 4.79 Å². The molecule has 0 radical (unpaired) electrons. The molecule has 2 aromatic heterocycles. The summed E-state index contributed by atoms with van der Waals surface area (Å²) >= 11 is 0. The molecule has 3 rings (SSSR count). The third kappa shape index (κ3) is 3.52. The van der Waals surface area contributed by atoms with E-state index in [9.17, 15) is 9.59 Å². The first kappa shape index (κ1) is 16.7. The minimum Gasteiger partial charge on any atom is -0.481 e. The molecule has 0 aliphatic carbocycles. The lowest BCUT2D eigenvalue weighted by Crippen LogP contribution is -2.34. The Morgan fingerprint density at radius 3 is 2.68 bits per heavy atom. The van der Waals surface area contributed by atoms with Gasteiger partial charge < -0.3 is 10.1 Å². The summed E-state index contributed by atoms with van der Waals surface area (Å²) in [5, 5.41) is 6.93. The normalized spacial score (nSPS) is 12.1. The van der Waals surface area contributed by atoms with E-state index in [1.54, 1.807) is 6.07 Å². The summed E-state index contributed by atoms with van der Waals surface area (Å²) in [5.41, 5.74) is 1.72. The standard InChI is InChI=1S/C17H19N5O3/c1-11-4-6-13(7-5-11)12(2)18-14(23)10-22-17(24)21-9-8-15(25-3)19-16(21)20-22/h4-9,12H,10H2,1-3H3,(H,18,23)/t12-/m0/s1. The van der Waals surface area contributed by atoms with Crippen molar-refractivity contribution in [1.29, 1.82) is 0 Å². The molecule has 0 unspecified atom stereocenters. The van der Waals surface area contributed by atoms with E-state index >= 15 is 0 Å². The molecule has 25 heavy (non-hydrogen) atoms. The van der Waals surface area contributed by atoms with Crippen molar-refractivity contribution in [3.63, 3.8) is 0 Å². The van der Waals surface area contributed by atoms with Crippen molar-refractivity contribution in [1.82, 2.24) is 24.5 Å². The molecule has 130 valence electrons. The molecular formula is C17H19N5O3. The van der Waals surface area contributed by atoms with E-state index in [-0.39, 0.29) is 24.3 Å². The number of nitrogens with one attached hydrogen (secondary N) is 1. The number of hydrogen-bond acceptors (Lipinski definition) is 5. The molecule has 0 saturated carbocycles. The van der Waals surface area contributed by atoms with Crippen molar-refractivity contribution < 1.29 is 9.53 Å². The number of amides is 1. The minimum atomic E-state index is -0.428. The second-order valence-corrected chi connectivity index (χ2v) is 5.78. The summed E-state index contributed by atoms with van der Waals surface area (Å²) in [5.74, 6) is 0.233. The lowest BCUT2D eigenvalue weighted by Gasteiger charge is -2.14. The highest BCUT2D eigenvalue weighted by molar-refractivity contribution is 5.76. The Balaban J connectivity index is 1.74. The van der Waals surface area contributed by atoms with E-state index in [0.29, 0.717) is 5.88 Å². The predicted molar refractivity (Wildman–Crippen MR) is 91.5 cm³/mol. The van der Waals surface area contributed by atoms with Gasteiger partial charge in [0.1, 0.15) is 6.54 Å². The van der Waals surface area contributed by atoms with Crippen LogP contribution in [-0.4, -0.2) is 32.2 Å². The van der Waals surface area contributed by atoms with Crippen molar-refractivity contribution in [2.75, 3.05) is 7.11 Å². The Kier molecular flexibility index (Phi) is 4.51. The van der Waals surface area contributed by atoms with Crippen molar-refractivity contribution in [2.45, 2.75) is 26.4 Å². The van der Waals surface area contributed by atoms with Crippen molar-refractivity contribution >= 4 is 11.7 Å². The van der Waals surface area contributed by atoms with E-state index in [4.69, 9.17) is 4.74 Å². The average Bonchev–Trinajstić information content (AvgIpc) is 2.90. The number of ether oxygens (including phenoxy) is 1. The third-order valence-corrected chi connectivity index (χ3v) is 3.89. The van der Waals surface area contributed by atoms with Gasteiger partial charge in [-0.2, -0.15) is 4.98 Å². The van der Waals surface area contributed by atoms with Crippen LogP contribution >= 0.6 is 0 Å². The van der Waals surface area contributed by atoms with Crippen LogP contribution in [0.4, 0.5) is 0 Å². The highest BCUT2D eigenvalue weighted by Gasteiger charge is 2.14. The average molecular weight is 341 g/mol. The summed E-state index contributed by atoms with van der Waals surface area (Å²) in [4.78, 5) is 28.6. The third-order valence-electron chi connectivity index (χ3n) is 3.89. The van der Waals surface area contributed by atoms with Gasteiger partial charge in [0.2, 0.25) is 11.8 Å². The Morgan fingerprint density at radius 1 is 1.28 bits per heavy atom. The van der Waals surface area contributed by atoms with E-state index in [0.717, 1.165) is 15.8 Å². The summed E-state index contributed by atoms with van der Waals surface area (Å²) in [7, 11) is 1.48. The Hall–Kier alpha value is -3.16. The number of nitrogens with zero attached hydrogens (tertiary/aromatic N) is 4. The van der Waals surface area contributed by atoms with Gasteiger partial charge in [-0.25, -0.2) is 13.9 Å². The molecule has 0 spiro atoms. The maximum absolute atomic E-state index is 12.3. The molecule has 0 aliphatic rings. The molecule has 3 aromatic rings. The second-order valence-electron chi connectivity index (χ2n) is 5.78. The van der Waals surface area contributed by atoms with Crippen LogP contribution in [0, 0.1) is 6.92 Å². The summed E-state index contributed by atoms with van der Waals surface area (Å²) in [6.45, 7) is 3.72. The Morgan fingerprint density at radius 2 is 2.00 bits per heavy atom. The van der Waals surface area contributed by atoms with Crippen LogP contribution < -0.4 is 15.7 Å². The van der Waals surface area contributed by atoms with E-state index in [1.807, 2.05) is 38.1 Å². The fourth-order valence-electron chi connectivity index (χ4n) is 2.47. The molecular weight excluding hydrogens is 322 g/mol. The van der Waals surface area contributed by atoms with Crippen molar-refractivity contribution in [3.05, 3.63) is 58.1 Å². The zero-order valence-electron chi connectivity index (χ0n) is 14.3. The maximum Gasteiger partial charge on any atom is 0.352 e. The number of benzene rings is 1. The number of carbonyl (C=O) groups excluding carboxylic acids is 1. The van der Waals surface area contributed by atoms with Crippen LogP contribution in [0.5, 0.6) is 5.88 Å². The van der Waals surface area contributed by atoms with Crippen molar-refractivity contribution in [2.24, 2.45) is 0 Å². The summed E-state index contributed by atoms with van der Waals surface area (Å²) < 4.78 is 7.35. The van der Waals surface area contributed by atoms with Gasteiger partial charge in [-0.05, 0) is 19.4 Å². The van der Waals surface area contributed by atoms with Gasteiger partial charge in [-0.1, -0.05) is 29.8 Å². The molecule has 1 amide bonds. The number of aromatic nitrogens is 4. The molecule has 0 fully saturated rings. The lowest BCUT2D eigenvalue weighted by atomic mass is 10.1. The molecule has 2 heterocycles. The fourth-order valence-corrected chi connectivity index (χ4v) is 2.47. The smallest absolute Gasteiger partial charge is 0.352 e. The van der Waals surface area contributed by atoms with Crippen LogP contribution in [0.25, 0.3) is 5.78 Å². The van der Waals surface area contributed by atoms with Crippen molar-refractivity contribution in [3.8, 4) is 5.88 Å². The quantitative estimate of drug-likeness (QED) is 0.750. The zero-order valence-corrected chi connectivity index (χ0v) is 14.3. The highest BCUT2D eigenvalue weighted by atomic mass is 16.5. The van der Waals surface area contributed by atoms with Gasteiger partial charge in [0, 0.05) is 12.3 Å². The monoisotopic (exact) mass is 341 g/mol. The Labute approximate surface area is 144 Å². The topological polar surface area (TPSA) is 90.5 Å². The van der Waals surface area contributed by atoms with Gasteiger partial charge >= 0.3 is 5.69 Å². The number of aryl methyl sites for hydroxylation is 1. The SMILES string of the molecule is COc1ccn2c(=O)n(CC(=O)N[C@@H](C)c3ccc(C)cc3)nc2n1. The molecule has 0 saturated heterocycles. The van der Waals surface area contributed by atoms with Crippen LogP contribution in [-0.2, 0) is 11.3 Å². The lowest BCUT2D eigenvalue weighted by molar-refractivity contribution is -0.122. The van der Waals surface area contributed by atoms with Crippen LogP contribution in [0.1, 0.15) is 24.1 Å². The second kappa shape index (κ2) is 6.76. The predicted octanol–water partition coefficient (Wildman–Crippen LogP) is 1.09. The number of fused-ring (bicyclic) bond motifs is 1. The molecule has 1 aromatic carbocycles. The van der Waals surface area contributed by atoms with Gasteiger partial charge in [0.05, 0.1) is 13.2 Å². The zero-order chi connectivity index (χ0) is 18.0. The maximum atomic E-state index is 12.3. The Bertz CT molecular complexity index is 959. The molecule has 1 atom stereocenters. The first-order valence-corrected chi connectivity index (χ1v) is 7.84. The van der Waals surface area contributed by atoms with E-state index in [2.05, 4.69) is 15.4 Å². The first-order chi connectivity index (χ1) is 12.0. The number of rotatable bonds is 5.